The summed E-state index contributed by atoms with van der Waals surface area (Å²) >= 11 is 0. The van der Waals surface area contributed by atoms with Crippen molar-refractivity contribution >= 4 is 5.91 Å². The van der Waals surface area contributed by atoms with Crippen molar-refractivity contribution in [2.75, 3.05) is 26.2 Å². The summed E-state index contributed by atoms with van der Waals surface area (Å²) in [5, 5.41) is 75.6. The highest BCUT2D eigenvalue weighted by Crippen LogP contribution is 2.35. The number of rotatable bonds is 13. The van der Waals surface area contributed by atoms with Crippen molar-refractivity contribution in [2.24, 2.45) is 34.4 Å². The first-order chi connectivity index (χ1) is 23.5. The summed E-state index contributed by atoms with van der Waals surface area (Å²) in [6, 6.07) is -4.88. The first kappa shape index (κ1) is 41.3. The normalized spacial score (nSPS) is 46.5. The van der Waals surface area contributed by atoms with E-state index in [1.54, 1.807) is 0 Å². The van der Waals surface area contributed by atoms with E-state index in [9.17, 15) is 49.3 Å². The maximum atomic E-state index is 14.0. The molecular formula is C27H51F2N7O14. The fraction of sp³-hybridized carbons (Fsp3) is 0.963. The van der Waals surface area contributed by atoms with E-state index in [1.165, 1.54) is 0 Å². The van der Waals surface area contributed by atoms with Gasteiger partial charge in [-0.3, -0.25) is 4.79 Å². The molecule has 1 amide bonds. The van der Waals surface area contributed by atoms with Crippen LogP contribution in [0.1, 0.15) is 12.8 Å². The van der Waals surface area contributed by atoms with Crippen molar-refractivity contribution < 1.29 is 77.7 Å². The molecule has 0 aromatic carbocycles. The smallest absolute Gasteiger partial charge is 0.294 e. The van der Waals surface area contributed by atoms with Crippen molar-refractivity contribution in [1.29, 1.82) is 0 Å². The van der Waals surface area contributed by atoms with E-state index in [4.69, 9.17) is 62.8 Å². The molecular weight excluding hydrogens is 684 g/mol. The van der Waals surface area contributed by atoms with Crippen LogP contribution >= 0.6 is 0 Å². The van der Waals surface area contributed by atoms with Crippen molar-refractivity contribution in [1.82, 2.24) is 5.32 Å². The van der Waals surface area contributed by atoms with Gasteiger partial charge in [-0.1, -0.05) is 0 Å². The second-order valence-electron chi connectivity index (χ2n) is 13.0. The van der Waals surface area contributed by atoms with Gasteiger partial charge < -0.3 is 104 Å². The van der Waals surface area contributed by atoms with Gasteiger partial charge in [0.05, 0.1) is 43.5 Å². The molecule has 23 heteroatoms. The Morgan fingerprint density at radius 2 is 1.34 bits per heavy atom. The number of carbonyl (C=O) groups excluding carboxylic acids is 1. The maximum absolute atomic E-state index is 14.0. The lowest BCUT2D eigenvalue weighted by molar-refractivity contribution is -0.296. The molecule has 1 saturated carbocycles. The van der Waals surface area contributed by atoms with Crippen LogP contribution in [-0.2, 0) is 33.2 Å². The van der Waals surface area contributed by atoms with Crippen LogP contribution in [0.3, 0.4) is 0 Å². The van der Waals surface area contributed by atoms with Crippen molar-refractivity contribution in [3.05, 3.63) is 0 Å². The minimum absolute atomic E-state index is 0.00173. The monoisotopic (exact) mass is 735 g/mol. The quantitative estimate of drug-likeness (QED) is 0.0834. The first-order valence-electron chi connectivity index (χ1n) is 16.2. The van der Waals surface area contributed by atoms with Gasteiger partial charge in [0, 0.05) is 19.1 Å². The van der Waals surface area contributed by atoms with E-state index in [2.05, 4.69) is 5.32 Å². The number of aliphatic hydroxyl groups is 7. The Morgan fingerprint density at radius 3 is 1.94 bits per heavy atom. The van der Waals surface area contributed by atoms with E-state index in [1.807, 2.05) is 0 Å². The topological polar surface area (TPSA) is 382 Å². The maximum Gasteiger partial charge on any atom is 0.294 e. The number of nitrogens with one attached hydrogen (secondary N) is 1. The van der Waals surface area contributed by atoms with Gasteiger partial charge in [0.1, 0.15) is 54.9 Å². The number of hydrogen-bond donors (Lipinski definition) is 14. The van der Waals surface area contributed by atoms with Gasteiger partial charge in [0.25, 0.3) is 11.8 Å². The molecule has 0 radical (unpaired) electrons. The molecule has 0 spiro atoms. The minimum atomic E-state index is -4.01. The summed E-state index contributed by atoms with van der Waals surface area (Å²) in [4.78, 5) is 12.6. The van der Waals surface area contributed by atoms with Gasteiger partial charge in [-0.2, -0.15) is 0 Å². The van der Waals surface area contributed by atoms with Crippen LogP contribution in [0.2, 0.25) is 0 Å². The number of halogens is 2. The molecule has 4 rings (SSSR count). The third-order valence-corrected chi connectivity index (χ3v) is 9.43. The predicted molar refractivity (Wildman–Crippen MR) is 161 cm³/mol. The molecule has 292 valence electrons. The number of nitrogens with two attached hydrogens (primary N) is 6. The number of aliphatic hydroxyl groups excluding tert-OH is 7. The molecule has 4 fully saturated rings. The molecule has 3 saturated heterocycles. The molecule has 0 aromatic heterocycles. The highest BCUT2D eigenvalue weighted by Gasteiger charge is 2.55. The lowest BCUT2D eigenvalue weighted by atomic mass is 9.83. The SMILES string of the molecule is NC[C@@H]1O[C@H](O[C@H]2[C@@H](O)[C@H](O[C@@H]3[C@@H](O)[C@H](NC(=O)[C@@H](O)C(F)(F)CN)C[C@H](N)[C@H]3O[C@H]3O[C@H](CN)[C@H](O)C[C@H]3N)O[C@@H]2CO)[C@H](N)[C@@H](O)[C@@H]1O. The summed E-state index contributed by atoms with van der Waals surface area (Å²) in [7, 11) is 0. The van der Waals surface area contributed by atoms with Gasteiger partial charge >= 0.3 is 0 Å². The Labute approximate surface area is 285 Å². The average molecular weight is 736 g/mol. The number of amides is 1. The predicted octanol–water partition coefficient (Wildman–Crippen LogP) is -8.75. The Hall–Kier alpha value is -1.43. The second-order valence-corrected chi connectivity index (χ2v) is 13.0. The van der Waals surface area contributed by atoms with Crippen molar-refractivity contribution in [2.45, 2.75) is 135 Å². The third kappa shape index (κ3) is 8.68. The molecule has 20 N–H and O–H groups in total. The fourth-order valence-corrected chi connectivity index (χ4v) is 6.40. The molecule has 3 aliphatic heterocycles. The van der Waals surface area contributed by atoms with Crippen LogP contribution in [-0.4, -0.2) is 190 Å². The van der Waals surface area contributed by atoms with Gasteiger partial charge in [-0.05, 0) is 12.8 Å². The van der Waals surface area contributed by atoms with Crippen LogP contribution in [0, 0.1) is 0 Å². The number of hydrogen-bond acceptors (Lipinski definition) is 20. The van der Waals surface area contributed by atoms with E-state index in [-0.39, 0.29) is 25.9 Å². The molecule has 4 aliphatic rings. The fourth-order valence-electron chi connectivity index (χ4n) is 6.40. The van der Waals surface area contributed by atoms with Crippen LogP contribution in [0.4, 0.5) is 8.78 Å². The van der Waals surface area contributed by atoms with Crippen LogP contribution in [0.25, 0.3) is 0 Å². The average Bonchev–Trinajstić information content (AvgIpc) is 3.38. The summed E-state index contributed by atoms with van der Waals surface area (Å²) in [5.41, 5.74) is 34.8. The standard InChI is InChI=1S/C27H51F2N7O14/c28-27(29,6-32)22(43)23(44)36-9-1-7(33)19(48-24-8(34)2-10(38)11(3-30)45-24)21(15(9)39)50-26-18(42)20(13(5-37)47-26)49-25-14(35)17(41)16(40)12(4-31)46-25/h7-22,24-26,37-43H,1-6,30-35H2,(H,36,44)/t7-,8+,9+,10+,11+,12-,13+,14+,15-,16+,17+,18+,19+,20+,21+,22+,24+,25+,26-/m0/s1. The molecule has 50 heavy (non-hydrogen) atoms. The van der Waals surface area contributed by atoms with Crippen LogP contribution in [0.5, 0.6) is 0 Å². The van der Waals surface area contributed by atoms with Gasteiger partial charge in [0.15, 0.2) is 25.0 Å². The second kappa shape index (κ2) is 17.1. The van der Waals surface area contributed by atoms with E-state index in [0.717, 1.165) is 0 Å². The molecule has 19 atom stereocenters. The zero-order valence-corrected chi connectivity index (χ0v) is 26.9. The van der Waals surface area contributed by atoms with Crippen LogP contribution < -0.4 is 39.7 Å². The van der Waals surface area contributed by atoms with Crippen molar-refractivity contribution in [3.8, 4) is 0 Å². The molecule has 3 heterocycles. The molecule has 0 unspecified atom stereocenters. The molecule has 21 nitrogen and oxygen atoms in total. The largest absolute Gasteiger partial charge is 0.394 e. The summed E-state index contributed by atoms with van der Waals surface area (Å²) in [6.45, 7) is -2.46. The lowest BCUT2D eigenvalue weighted by Gasteiger charge is -2.47. The highest BCUT2D eigenvalue weighted by molar-refractivity contribution is 5.82. The van der Waals surface area contributed by atoms with Crippen LogP contribution in [0.15, 0.2) is 0 Å². The third-order valence-electron chi connectivity index (χ3n) is 9.43. The van der Waals surface area contributed by atoms with Gasteiger partial charge in [0.2, 0.25) is 0 Å². The van der Waals surface area contributed by atoms with E-state index >= 15 is 0 Å². The summed E-state index contributed by atoms with van der Waals surface area (Å²) in [5.74, 6) is -5.59. The Balaban J connectivity index is 1.57. The number of ether oxygens (including phenoxy) is 6. The first-order valence-corrected chi connectivity index (χ1v) is 16.2. The zero-order valence-electron chi connectivity index (χ0n) is 26.9. The van der Waals surface area contributed by atoms with E-state index < -0.39 is 141 Å². The zero-order chi connectivity index (χ0) is 37.2. The highest BCUT2D eigenvalue weighted by atomic mass is 19.3. The Bertz CT molecular complexity index is 1110. The molecule has 0 bridgehead atoms. The molecule has 1 aliphatic carbocycles. The van der Waals surface area contributed by atoms with Gasteiger partial charge in [-0.15, -0.1) is 0 Å². The number of carbonyl (C=O) groups is 1. The Morgan fingerprint density at radius 1 is 0.760 bits per heavy atom. The number of alkyl halides is 2. The summed E-state index contributed by atoms with van der Waals surface area (Å²) < 4.78 is 62.8. The van der Waals surface area contributed by atoms with E-state index in [0.29, 0.717) is 0 Å². The molecule has 0 aromatic rings. The Kier molecular flexibility index (Phi) is 14.2. The summed E-state index contributed by atoms with van der Waals surface area (Å²) in [6.07, 6.45) is -23.1. The van der Waals surface area contributed by atoms with Gasteiger partial charge in [-0.25, -0.2) is 8.78 Å². The lowest BCUT2D eigenvalue weighted by Crippen LogP contribution is -2.68. The van der Waals surface area contributed by atoms with Crippen molar-refractivity contribution in [3.63, 3.8) is 0 Å². The minimum Gasteiger partial charge on any atom is -0.394 e.